The van der Waals surface area contributed by atoms with Crippen LogP contribution in [0.15, 0.2) is 18.2 Å². The van der Waals surface area contributed by atoms with E-state index < -0.39 is 5.97 Å². The predicted molar refractivity (Wildman–Crippen MR) is 88.7 cm³/mol. The summed E-state index contributed by atoms with van der Waals surface area (Å²) < 4.78 is 19.3. The Morgan fingerprint density at radius 3 is 2.88 bits per heavy atom. The number of para-hydroxylation sites is 1. The summed E-state index contributed by atoms with van der Waals surface area (Å²) >= 11 is 0. The van der Waals surface area contributed by atoms with Gasteiger partial charge in [-0.2, -0.15) is 0 Å². The Kier molecular flexibility index (Phi) is 5.68. The maximum Gasteiger partial charge on any atom is 0.303 e. The second-order valence-corrected chi connectivity index (χ2v) is 6.63. The van der Waals surface area contributed by atoms with E-state index in [0.717, 1.165) is 44.5 Å². The number of piperidine rings is 1. The van der Waals surface area contributed by atoms with Gasteiger partial charge in [0.15, 0.2) is 11.6 Å². The molecule has 1 atom stereocenters. The maximum absolute atomic E-state index is 13.8. The van der Waals surface area contributed by atoms with E-state index in [4.69, 9.17) is 9.84 Å². The Balaban J connectivity index is 1.49. The largest absolute Gasteiger partial charge is 0.490 e. The van der Waals surface area contributed by atoms with Crippen molar-refractivity contribution in [1.82, 2.24) is 10.2 Å². The molecule has 2 aliphatic heterocycles. The van der Waals surface area contributed by atoms with Crippen molar-refractivity contribution >= 4 is 5.97 Å². The molecule has 1 aromatic carbocycles. The molecule has 0 aliphatic carbocycles. The third-order valence-electron chi connectivity index (χ3n) is 4.92. The molecule has 0 spiro atoms. The third kappa shape index (κ3) is 4.24. The second-order valence-electron chi connectivity index (χ2n) is 6.63. The first-order valence-electron chi connectivity index (χ1n) is 8.75. The maximum atomic E-state index is 13.8. The van der Waals surface area contributed by atoms with Crippen molar-refractivity contribution in [3.8, 4) is 5.75 Å². The number of halogens is 1. The number of aliphatic carboxylic acids is 1. The summed E-state index contributed by atoms with van der Waals surface area (Å²) in [5, 5.41) is 12.4. The zero-order valence-electron chi connectivity index (χ0n) is 13.8. The fraction of sp³-hybridized carbons (Fsp3) is 0.611. The SMILES string of the molecule is O=C(O)CCCN1CCC(N[C@H]2CCOc3c(F)cccc32)CC1. The molecule has 5 nitrogen and oxygen atoms in total. The molecule has 0 saturated carbocycles. The first-order chi connectivity index (χ1) is 11.6. The highest BCUT2D eigenvalue weighted by molar-refractivity contribution is 5.66. The lowest BCUT2D eigenvalue weighted by atomic mass is 9.96. The molecule has 1 saturated heterocycles. The first kappa shape index (κ1) is 17.2. The molecule has 1 aromatic rings. The highest BCUT2D eigenvalue weighted by Crippen LogP contribution is 2.34. The number of carbonyl (C=O) groups is 1. The summed E-state index contributed by atoms with van der Waals surface area (Å²) in [5.41, 5.74) is 0.921. The van der Waals surface area contributed by atoms with Crippen molar-refractivity contribution in [3.63, 3.8) is 0 Å². The van der Waals surface area contributed by atoms with Gasteiger partial charge in [0, 0.05) is 30.5 Å². The van der Waals surface area contributed by atoms with Gasteiger partial charge in [0.05, 0.1) is 6.61 Å². The van der Waals surface area contributed by atoms with Crippen molar-refractivity contribution in [2.75, 3.05) is 26.2 Å². The average Bonchev–Trinajstić information content (AvgIpc) is 2.57. The van der Waals surface area contributed by atoms with Gasteiger partial charge in [0.2, 0.25) is 0 Å². The number of ether oxygens (including phenoxy) is 1. The molecule has 24 heavy (non-hydrogen) atoms. The monoisotopic (exact) mass is 336 g/mol. The van der Waals surface area contributed by atoms with E-state index >= 15 is 0 Å². The smallest absolute Gasteiger partial charge is 0.303 e. The van der Waals surface area contributed by atoms with Crippen LogP contribution in [0.3, 0.4) is 0 Å². The summed E-state index contributed by atoms with van der Waals surface area (Å²) in [7, 11) is 0. The number of hydrogen-bond acceptors (Lipinski definition) is 4. The van der Waals surface area contributed by atoms with Gasteiger partial charge in [-0.25, -0.2) is 4.39 Å². The van der Waals surface area contributed by atoms with E-state index in [9.17, 15) is 9.18 Å². The minimum Gasteiger partial charge on any atom is -0.490 e. The van der Waals surface area contributed by atoms with Gasteiger partial charge in [-0.1, -0.05) is 12.1 Å². The van der Waals surface area contributed by atoms with E-state index in [0.29, 0.717) is 24.8 Å². The molecular formula is C18H25FN2O3. The lowest BCUT2D eigenvalue weighted by Gasteiger charge is -2.36. The number of hydrogen-bond donors (Lipinski definition) is 2. The summed E-state index contributed by atoms with van der Waals surface area (Å²) in [6.45, 7) is 3.36. The van der Waals surface area contributed by atoms with Crippen LogP contribution in [0.5, 0.6) is 5.75 Å². The molecule has 0 aromatic heterocycles. The van der Waals surface area contributed by atoms with Crippen LogP contribution in [0.1, 0.15) is 43.7 Å². The zero-order valence-corrected chi connectivity index (χ0v) is 13.8. The number of carboxylic acid groups (broad SMARTS) is 1. The van der Waals surface area contributed by atoms with Gasteiger partial charge in [-0.15, -0.1) is 0 Å². The number of likely N-dealkylation sites (tertiary alicyclic amines) is 1. The highest BCUT2D eigenvalue weighted by atomic mass is 19.1. The molecule has 0 radical (unpaired) electrons. The number of benzene rings is 1. The Bertz CT molecular complexity index is 573. The van der Waals surface area contributed by atoms with Crippen molar-refractivity contribution in [2.24, 2.45) is 0 Å². The van der Waals surface area contributed by atoms with E-state index in [-0.39, 0.29) is 18.3 Å². The summed E-state index contributed by atoms with van der Waals surface area (Å²) in [4.78, 5) is 12.9. The normalized spacial score (nSPS) is 22.0. The van der Waals surface area contributed by atoms with E-state index in [1.807, 2.05) is 6.07 Å². The minimum absolute atomic E-state index is 0.146. The molecule has 2 aliphatic rings. The topological polar surface area (TPSA) is 61.8 Å². The van der Waals surface area contributed by atoms with Gasteiger partial charge in [0.1, 0.15) is 0 Å². The Hall–Kier alpha value is -1.66. The van der Waals surface area contributed by atoms with Crippen LogP contribution in [0.25, 0.3) is 0 Å². The fourth-order valence-electron chi connectivity index (χ4n) is 3.62. The van der Waals surface area contributed by atoms with Crippen molar-refractivity contribution in [1.29, 1.82) is 0 Å². The lowest BCUT2D eigenvalue weighted by molar-refractivity contribution is -0.137. The van der Waals surface area contributed by atoms with Gasteiger partial charge in [-0.05, 0) is 45.0 Å². The van der Waals surface area contributed by atoms with Crippen LogP contribution in [0.2, 0.25) is 0 Å². The number of nitrogens with one attached hydrogen (secondary N) is 1. The zero-order chi connectivity index (χ0) is 16.9. The molecule has 6 heteroatoms. The van der Waals surface area contributed by atoms with Crippen molar-refractivity contribution < 1.29 is 19.0 Å². The first-order valence-corrected chi connectivity index (χ1v) is 8.75. The average molecular weight is 336 g/mol. The number of carboxylic acids is 1. The summed E-state index contributed by atoms with van der Waals surface area (Å²) in [6, 6.07) is 5.68. The second kappa shape index (κ2) is 7.94. The molecule has 0 bridgehead atoms. The van der Waals surface area contributed by atoms with Crippen LogP contribution in [-0.4, -0.2) is 48.3 Å². The highest BCUT2D eigenvalue weighted by Gasteiger charge is 2.27. The van der Waals surface area contributed by atoms with Crippen molar-refractivity contribution in [3.05, 3.63) is 29.6 Å². The van der Waals surface area contributed by atoms with E-state index in [1.54, 1.807) is 6.07 Å². The van der Waals surface area contributed by atoms with Crippen LogP contribution in [0, 0.1) is 5.82 Å². The Morgan fingerprint density at radius 2 is 2.12 bits per heavy atom. The molecule has 132 valence electrons. The van der Waals surface area contributed by atoms with E-state index in [1.165, 1.54) is 6.07 Å². The number of rotatable bonds is 6. The minimum atomic E-state index is -0.725. The molecule has 1 fully saturated rings. The van der Waals surface area contributed by atoms with Crippen LogP contribution < -0.4 is 10.1 Å². The molecule has 0 unspecified atom stereocenters. The summed E-state index contributed by atoms with van der Waals surface area (Å²) in [5.74, 6) is -0.614. The fourth-order valence-corrected chi connectivity index (χ4v) is 3.62. The Labute approximate surface area is 141 Å². The van der Waals surface area contributed by atoms with Crippen LogP contribution >= 0.6 is 0 Å². The van der Waals surface area contributed by atoms with Crippen LogP contribution in [0.4, 0.5) is 4.39 Å². The van der Waals surface area contributed by atoms with Crippen LogP contribution in [-0.2, 0) is 4.79 Å². The molecular weight excluding hydrogens is 311 g/mol. The quantitative estimate of drug-likeness (QED) is 0.836. The van der Waals surface area contributed by atoms with Gasteiger partial charge >= 0.3 is 5.97 Å². The molecule has 2 heterocycles. The number of nitrogens with zero attached hydrogens (tertiary/aromatic N) is 1. The predicted octanol–water partition coefficient (Wildman–Crippen LogP) is 2.57. The lowest BCUT2D eigenvalue weighted by Crippen LogP contribution is -2.44. The third-order valence-corrected chi connectivity index (χ3v) is 4.92. The van der Waals surface area contributed by atoms with Crippen molar-refractivity contribution in [2.45, 2.75) is 44.2 Å². The molecule has 3 rings (SSSR count). The van der Waals surface area contributed by atoms with Gasteiger partial charge in [0.25, 0.3) is 0 Å². The van der Waals surface area contributed by atoms with Gasteiger partial charge in [-0.3, -0.25) is 4.79 Å². The summed E-state index contributed by atoms with van der Waals surface area (Å²) in [6.07, 6.45) is 3.88. The Morgan fingerprint density at radius 1 is 1.33 bits per heavy atom. The molecule has 2 N–H and O–H groups in total. The number of fused-ring (bicyclic) bond motifs is 1. The van der Waals surface area contributed by atoms with E-state index in [2.05, 4.69) is 10.2 Å². The molecule has 0 amide bonds. The standard InChI is InChI=1S/C18H25FN2O3/c19-15-4-1-3-14-16(8-12-24-18(14)15)20-13-6-10-21(11-7-13)9-2-5-17(22)23/h1,3-4,13,16,20H,2,5-12H2,(H,22,23)/t16-/m0/s1. The van der Waals surface area contributed by atoms with Gasteiger partial charge < -0.3 is 20.1 Å².